The summed E-state index contributed by atoms with van der Waals surface area (Å²) in [5.41, 5.74) is 0. The van der Waals surface area contributed by atoms with Crippen molar-refractivity contribution in [1.29, 1.82) is 0 Å². The lowest BCUT2D eigenvalue weighted by atomic mass is 10.0. The lowest BCUT2D eigenvalue weighted by Crippen LogP contribution is -2.29. The molecule has 0 aromatic rings. The lowest BCUT2D eigenvalue weighted by Gasteiger charge is -2.18. The van der Waals surface area contributed by atoms with E-state index >= 15 is 0 Å². The molecular formula is C49H95O8P. The van der Waals surface area contributed by atoms with Gasteiger partial charge in [-0.1, -0.05) is 231 Å². The lowest BCUT2D eigenvalue weighted by molar-refractivity contribution is -0.161. The molecule has 8 nitrogen and oxygen atoms in total. The van der Waals surface area contributed by atoms with Crippen LogP contribution in [0.5, 0.6) is 0 Å². The van der Waals surface area contributed by atoms with Crippen molar-refractivity contribution in [3.8, 4) is 0 Å². The van der Waals surface area contributed by atoms with E-state index in [4.69, 9.17) is 19.3 Å². The van der Waals surface area contributed by atoms with E-state index in [1.165, 1.54) is 205 Å². The largest absolute Gasteiger partial charge is 0.469 e. The van der Waals surface area contributed by atoms with Crippen molar-refractivity contribution in [2.75, 3.05) is 13.2 Å². The molecule has 0 aliphatic rings. The van der Waals surface area contributed by atoms with Crippen LogP contribution in [0.2, 0.25) is 0 Å². The van der Waals surface area contributed by atoms with Gasteiger partial charge in [-0.25, -0.2) is 4.57 Å². The number of hydrogen-bond donors (Lipinski definition) is 2. The molecule has 2 N–H and O–H groups in total. The second kappa shape index (κ2) is 45.3. The quantitative estimate of drug-likeness (QED) is 0.0269. The molecule has 0 aromatic carbocycles. The summed E-state index contributed by atoms with van der Waals surface area (Å²) in [6.07, 6.45) is 52.3. The highest BCUT2D eigenvalue weighted by Gasteiger charge is 2.23. The van der Waals surface area contributed by atoms with Crippen LogP contribution in [0.15, 0.2) is 12.2 Å². The molecule has 0 amide bonds. The summed E-state index contributed by atoms with van der Waals surface area (Å²) in [5.74, 6) is -0.869. The van der Waals surface area contributed by atoms with Crippen LogP contribution in [-0.2, 0) is 28.2 Å². The maximum atomic E-state index is 12.5. The fourth-order valence-corrected chi connectivity index (χ4v) is 7.91. The zero-order valence-electron chi connectivity index (χ0n) is 38.2. The number of carbonyl (C=O) groups is 2. The molecular weight excluding hydrogens is 748 g/mol. The van der Waals surface area contributed by atoms with Crippen LogP contribution in [-0.4, -0.2) is 41.0 Å². The molecule has 0 saturated carbocycles. The standard InChI is InChI=1S/C49H95O8P/c1-3-5-7-9-11-13-15-17-19-21-23-24-26-28-30-32-34-36-38-40-42-44-49(51)57-47(46-56-58(52,53)54)45-55-48(50)43-41-39-37-35-33-31-29-27-25-22-20-18-16-14-12-10-8-6-4-2/h18,20,47H,3-17,19,21-46H2,1-2H3,(H2,52,53,54)/b20-18-/t47-/m1/s1. The highest BCUT2D eigenvalue weighted by atomic mass is 31.2. The van der Waals surface area contributed by atoms with E-state index in [1.54, 1.807) is 0 Å². The molecule has 0 saturated heterocycles. The van der Waals surface area contributed by atoms with Gasteiger partial charge in [-0.3, -0.25) is 14.1 Å². The van der Waals surface area contributed by atoms with Gasteiger partial charge < -0.3 is 19.3 Å². The zero-order chi connectivity index (χ0) is 42.5. The molecule has 58 heavy (non-hydrogen) atoms. The van der Waals surface area contributed by atoms with E-state index in [1.807, 2.05) is 0 Å². The van der Waals surface area contributed by atoms with Gasteiger partial charge in [0.15, 0.2) is 6.10 Å². The van der Waals surface area contributed by atoms with Gasteiger partial charge >= 0.3 is 19.8 Å². The highest BCUT2D eigenvalue weighted by molar-refractivity contribution is 7.46. The van der Waals surface area contributed by atoms with Gasteiger partial charge in [0.1, 0.15) is 6.61 Å². The topological polar surface area (TPSA) is 119 Å². The van der Waals surface area contributed by atoms with Crippen molar-refractivity contribution in [2.45, 2.75) is 277 Å². The molecule has 0 unspecified atom stereocenters. The average molecular weight is 843 g/mol. The molecule has 0 aliphatic carbocycles. The summed E-state index contributed by atoms with van der Waals surface area (Å²) in [6, 6.07) is 0. The van der Waals surface area contributed by atoms with Crippen molar-refractivity contribution in [3.05, 3.63) is 12.2 Å². The van der Waals surface area contributed by atoms with Crippen molar-refractivity contribution in [3.63, 3.8) is 0 Å². The first-order chi connectivity index (χ1) is 28.3. The normalized spacial score (nSPS) is 12.4. The Hall–Kier alpha value is -1.21. The average Bonchev–Trinajstić information content (AvgIpc) is 3.20. The molecule has 0 heterocycles. The smallest absolute Gasteiger partial charge is 0.462 e. The summed E-state index contributed by atoms with van der Waals surface area (Å²) in [7, 11) is -4.75. The Morgan fingerprint density at radius 1 is 0.431 bits per heavy atom. The zero-order valence-corrected chi connectivity index (χ0v) is 39.1. The molecule has 0 fully saturated rings. The number of phosphoric ester groups is 1. The van der Waals surface area contributed by atoms with E-state index in [-0.39, 0.29) is 19.4 Å². The molecule has 0 spiro atoms. The van der Waals surface area contributed by atoms with Crippen molar-refractivity contribution < 1.29 is 37.9 Å². The van der Waals surface area contributed by atoms with E-state index in [0.717, 1.165) is 32.1 Å². The molecule has 0 radical (unpaired) electrons. The number of rotatable bonds is 47. The molecule has 0 aliphatic heterocycles. The maximum Gasteiger partial charge on any atom is 0.469 e. The van der Waals surface area contributed by atoms with Crippen LogP contribution in [0.3, 0.4) is 0 Å². The molecule has 0 aromatic heterocycles. The van der Waals surface area contributed by atoms with E-state index in [9.17, 15) is 14.2 Å². The minimum Gasteiger partial charge on any atom is -0.462 e. The minimum absolute atomic E-state index is 0.218. The predicted octanol–water partition coefficient (Wildman–Crippen LogP) is 15.8. The van der Waals surface area contributed by atoms with Crippen molar-refractivity contribution >= 4 is 19.8 Å². The molecule has 0 rings (SSSR count). The first-order valence-corrected chi connectivity index (χ1v) is 26.5. The van der Waals surface area contributed by atoms with Gasteiger partial charge in [0, 0.05) is 12.8 Å². The van der Waals surface area contributed by atoms with E-state index in [2.05, 4.69) is 30.5 Å². The van der Waals surface area contributed by atoms with Crippen LogP contribution in [0.1, 0.15) is 271 Å². The number of allylic oxidation sites excluding steroid dienone is 2. The summed E-state index contributed by atoms with van der Waals surface area (Å²) in [5, 5.41) is 0. The SMILES string of the molecule is CCCCCCCC/C=C\CCCCCCCCCCCC(=O)OC[C@H](COP(=O)(O)O)OC(=O)CCCCCCCCCCCCCCCCCCCCCCC. The maximum absolute atomic E-state index is 12.5. The molecule has 344 valence electrons. The summed E-state index contributed by atoms with van der Waals surface area (Å²) >= 11 is 0. The Labute approximate surface area is 358 Å². The van der Waals surface area contributed by atoms with Gasteiger partial charge in [0.2, 0.25) is 0 Å². The second-order valence-electron chi connectivity index (χ2n) is 17.2. The van der Waals surface area contributed by atoms with Crippen LogP contribution in [0.4, 0.5) is 0 Å². The fraction of sp³-hybridized carbons (Fsp3) is 0.918. The number of ether oxygens (including phenoxy) is 2. The number of unbranched alkanes of at least 4 members (excludes halogenated alkanes) is 35. The molecule has 1 atom stereocenters. The van der Waals surface area contributed by atoms with Crippen LogP contribution >= 0.6 is 7.82 Å². The Bertz CT molecular complexity index is 951. The monoisotopic (exact) mass is 843 g/mol. The summed E-state index contributed by atoms with van der Waals surface area (Å²) in [4.78, 5) is 43.1. The number of hydrogen-bond acceptors (Lipinski definition) is 6. The highest BCUT2D eigenvalue weighted by Crippen LogP contribution is 2.36. The second-order valence-corrected chi connectivity index (χ2v) is 18.4. The number of phosphoric acid groups is 1. The van der Waals surface area contributed by atoms with Gasteiger partial charge in [0.25, 0.3) is 0 Å². The van der Waals surface area contributed by atoms with Crippen LogP contribution in [0.25, 0.3) is 0 Å². The van der Waals surface area contributed by atoms with Gasteiger partial charge in [-0.05, 0) is 38.5 Å². The van der Waals surface area contributed by atoms with Crippen LogP contribution < -0.4 is 0 Å². The Morgan fingerprint density at radius 2 is 0.724 bits per heavy atom. The first-order valence-electron chi connectivity index (χ1n) is 25.0. The Morgan fingerprint density at radius 3 is 1.05 bits per heavy atom. The van der Waals surface area contributed by atoms with Gasteiger partial charge in [-0.2, -0.15) is 0 Å². The number of esters is 2. The van der Waals surface area contributed by atoms with Gasteiger partial charge in [-0.15, -0.1) is 0 Å². The van der Waals surface area contributed by atoms with E-state index < -0.39 is 32.5 Å². The third kappa shape index (κ3) is 47.5. The van der Waals surface area contributed by atoms with Crippen LogP contribution in [0, 0.1) is 0 Å². The van der Waals surface area contributed by atoms with Gasteiger partial charge in [0.05, 0.1) is 6.61 Å². The molecule has 0 bridgehead atoms. The Kier molecular flexibility index (Phi) is 44.4. The third-order valence-electron chi connectivity index (χ3n) is 11.3. The minimum atomic E-state index is -4.75. The Balaban J connectivity index is 3.79. The molecule has 9 heteroatoms. The first kappa shape index (κ1) is 56.8. The fourth-order valence-electron chi connectivity index (χ4n) is 7.55. The summed E-state index contributed by atoms with van der Waals surface area (Å²) < 4.78 is 26.5. The predicted molar refractivity (Wildman–Crippen MR) is 244 cm³/mol. The summed E-state index contributed by atoms with van der Waals surface area (Å²) in [6.45, 7) is 3.73. The third-order valence-corrected chi connectivity index (χ3v) is 11.8. The van der Waals surface area contributed by atoms with Crippen molar-refractivity contribution in [2.24, 2.45) is 0 Å². The van der Waals surface area contributed by atoms with Crippen molar-refractivity contribution in [1.82, 2.24) is 0 Å². The number of carbonyl (C=O) groups excluding carboxylic acids is 2. The van der Waals surface area contributed by atoms with E-state index in [0.29, 0.717) is 6.42 Å².